The van der Waals surface area contributed by atoms with E-state index < -0.39 is 23.3 Å². The van der Waals surface area contributed by atoms with Gasteiger partial charge in [-0.05, 0) is 74.3 Å². The third-order valence-corrected chi connectivity index (χ3v) is 10.1. The molecule has 0 bridgehead atoms. The monoisotopic (exact) mass is 672 g/mol. The van der Waals surface area contributed by atoms with Gasteiger partial charge in [-0.2, -0.15) is 13.5 Å². The van der Waals surface area contributed by atoms with Gasteiger partial charge in [-0.3, -0.25) is 19.2 Å². The topological polar surface area (TPSA) is 118 Å². The number of fused-ring (bicyclic) bond motifs is 1. The maximum atomic E-state index is 14.8. The van der Waals surface area contributed by atoms with Gasteiger partial charge < -0.3 is 24.4 Å². The molecular formula is C37H44N4O6S. The van der Waals surface area contributed by atoms with Gasteiger partial charge in [0, 0.05) is 38.9 Å². The third kappa shape index (κ3) is 6.40. The van der Waals surface area contributed by atoms with Crippen LogP contribution >= 0.6 is 13.5 Å². The van der Waals surface area contributed by atoms with Gasteiger partial charge >= 0.3 is 5.97 Å². The van der Waals surface area contributed by atoms with Gasteiger partial charge in [0.25, 0.3) is 11.5 Å². The Balaban J connectivity index is 0.00000451. The molecule has 1 aliphatic carbocycles. The lowest BCUT2D eigenvalue weighted by Crippen LogP contribution is -2.54. The summed E-state index contributed by atoms with van der Waals surface area (Å²) >= 11 is 0. The van der Waals surface area contributed by atoms with Gasteiger partial charge in [-0.15, -0.1) is 0 Å². The Morgan fingerprint density at radius 2 is 1.60 bits per heavy atom. The van der Waals surface area contributed by atoms with Crippen LogP contribution in [0.25, 0.3) is 0 Å². The average Bonchev–Trinajstić information content (AvgIpc) is 3.59. The highest BCUT2D eigenvalue weighted by atomic mass is 32.1. The summed E-state index contributed by atoms with van der Waals surface area (Å²) in [7, 11) is 1.61. The van der Waals surface area contributed by atoms with E-state index in [-0.39, 0.29) is 55.1 Å². The van der Waals surface area contributed by atoms with Crippen LogP contribution in [0, 0.1) is 0 Å². The molecule has 1 N–H and O–H groups in total. The fourth-order valence-corrected chi connectivity index (χ4v) is 7.70. The molecule has 11 heteroatoms. The summed E-state index contributed by atoms with van der Waals surface area (Å²) in [4.78, 5) is 70.7. The van der Waals surface area contributed by atoms with Gasteiger partial charge in [-0.25, -0.2) is 4.79 Å². The summed E-state index contributed by atoms with van der Waals surface area (Å²) in [6, 6.07) is 19.9. The highest BCUT2D eigenvalue weighted by molar-refractivity contribution is 7.59. The van der Waals surface area contributed by atoms with Crippen molar-refractivity contribution in [3.05, 3.63) is 106 Å². The molecule has 1 aromatic heterocycles. The van der Waals surface area contributed by atoms with Crippen LogP contribution in [0.3, 0.4) is 0 Å². The molecule has 0 saturated carbocycles. The average molecular weight is 673 g/mol. The van der Waals surface area contributed by atoms with Crippen LogP contribution in [-0.4, -0.2) is 76.4 Å². The Labute approximate surface area is 287 Å². The van der Waals surface area contributed by atoms with E-state index >= 15 is 0 Å². The predicted molar refractivity (Wildman–Crippen MR) is 186 cm³/mol. The zero-order valence-electron chi connectivity index (χ0n) is 27.5. The minimum atomic E-state index is -1.05. The molecule has 2 aliphatic heterocycles. The maximum Gasteiger partial charge on any atom is 0.328 e. The minimum Gasteiger partial charge on any atom is -0.464 e. The van der Waals surface area contributed by atoms with Crippen molar-refractivity contribution in [2.24, 2.45) is 7.05 Å². The number of rotatable bonds is 7. The highest BCUT2D eigenvalue weighted by Crippen LogP contribution is 2.49. The molecule has 10 nitrogen and oxygen atoms in total. The highest BCUT2D eigenvalue weighted by Gasteiger charge is 2.52. The fourth-order valence-electron chi connectivity index (χ4n) is 7.70. The van der Waals surface area contributed by atoms with E-state index in [9.17, 15) is 24.0 Å². The second-order valence-corrected chi connectivity index (χ2v) is 12.8. The number of aryl methyl sites for hydroxylation is 1. The minimum absolute atomic E-state index is 0. The number of hydrogen-bond donors (Lipinski definition) is 1. The fraction of sp³-hybridized carbons (Fsp3) is 0.432. The maximum absolute atomic E-state index is 14.8. The first-order valence-corrected chi connectivity index (χ1v) is 16.6. The van der Waals surface area contributed by atoms with E-state index in [1.807, 2.05) is 59.5 Å². The molecule has 3 heterocycles. The molecular weight excluding hydrogens is 628 g/mol. The number of hydrogen-bond acceptors (Lipinski definition) is 6. The number of piperidine rings is 1. The van der Waals surface area contributed by atoms with Crippen LogP contribution in [0.4, 0.5) is 0 Å². The van der Waals surface area contributed by atoms with E-state index in [1.54, 1.807) is 31.1 Å². The van der Waals surface area contributed by atoms with Gasteiger partial charge in [0.1, 0.15) is 11.6 Å². The zero-order chi connectivity index (χ0) is 33.1. The standard InChI is InChI=1S/C37H42N4O6.H2S/c1-3-47-35(45)31-16-10-22-41(31)36(46)37(25-11-5-4-6-12-25)20-17-28(27-13-7-8-15-30(27)37)34(44)40-23-18-26(19-24-40)38-32(42)29-14-9-21-39(2)33(29)43;/h4-9,11-15,21,26,28,31H,3,10,16-20,22-24H2,1-2H3,(H,38,42);1H2/t28-,31+,37+;/m0./s1. The van der Waals surface area contributed by atoms with Gasteiger partial charge in [0.15, 0.2) is 0 Å². The molecule has 3 amide bonds. The van der Waals surface area contributed by atoms with Crippen molar-refractivity contribution >= 4 is 37.2 Å². The number of aromatic nitrogens is 1. The van der Waals surface area contributed by atoms with Crippen molar-refractivity contribution in [3.8, 4) is 0 Å². The van der Waals surface area contributed by atoms with Crippen molar-refractivity contribution in [2.75, 3.05) is 26.2 Å². The summed E-state index contributed by atoms with van der Waals surface area (Å²) < 4.78 is 6.73. The van der Waals surface area contributed by atoms with E-state index in [0.29, 0.717) is 51.7 Å². The first kappa shape index (κ1) is 34.9. The summed E-state index contributed by atoms with van der Waals surface area (Å²) in [5, 5.41) is 2.98. The number of likely N-dealkylation sites (tertiary alicyclic amines) is 2. The normalized spacial score (nSPS) is 22.3. The lowest BCUT2D eigenvalue weighted by molar-refractivity contribution is -0.154. The second kappa shape index (κ2) is 14.8. The van der Waals surface area contributed by atoms with E-state index in [1.165, 1.54) is 10.6 Å². The molecule has 3 aromatic rings. The van der Waals surface area contributed by atoms with E-state index in [0.717, 1.165) is 23.1 Å². The van der Waals surface area contributed by atoms with Crippen molar-refractivity contribution in [2.45, 2.75) is 68.9 Å². The molecule has 0 unspecified atom stereocenters. The lowest BCUT2D eigenvalue weighted by atomic mass is 9.62. The Morgan fingerprint density at radius 3 is 2.33 bits per heavy atom. The smallest absolute Gasteiger partial charge is 0.328 e. The van der Waals surface area contributed by atoms with Gasteiger partial charge in [-0.1, -0.05) is 54.6 Å². The number of nitrogens with one attached hydrogen (secondary N) is 1. The Morgan fingerprint density at radius 1 is 0.896 bits per heavy atom. The molecule has 0 spiro atoms. The first-order chi connectivity index (χ1) is 22.8. The molecule has 6 rings (SSSR count). The molecule has 3 atom stereocenters. The van der Waals surface area contributed by atoms with Crippen molar-refractivity contribution in [1.29, 1.82) is 0 Å². The number of carbonyl (C=O) groups is 4. The Bertz CT molecular complexity index is 1720. The number of esters is 1. The number of ether oxygens (including phenoxy) is 1. The lowest BCUT2D eigenvalue weighted by Gasteiger charge is -2.44. The van der Waals surface area contributed by atoms with E-state index in [4.69, 9.17) is 4.74 Å². The van der Waals surface area contributed by atoms with Crippen LogP contribution < -0.4 is 10.9 Å². The van der Waals surface area contributed by atoms with Crippen molar-refractivity contribution in [1.82, 2.24) is 19.7 Å². The molecule has 48 heavy (non-hydrogen) atoms. The number of nitrogens with zero attached hydrogens (tertiary/aromatic N) is 3. The second-order valence-electron chi connectivity index (χ2n) is 12.8. The van der Waals surface area contributed by atoms with Crippen molar-refractivity contribution < 1.29 is 23.9 Å². The van der Waals surface area contributed by atoms with Crippen LogP contribution in [-0.2, 0) is 31.6 Å². The summed E-state index contributed by atoms with van der Waals surface area (Å²) in [6.45, 7) is 3.46. The summed E-state index contributed by atoms with van der Waals surface area (Å²) in [6.07, 6.45) is 4.96. The van der Waals surface area contributed by atoms with E-state index in [2.05, 4.69) is 5.32 Å². The predicted octanol–water partition coefficient (Wildman–Crippen LogP) is 3.64. The Kier molecular flexibility index (Phi) is 10.8. The van der Waals surface area contributed by atoms with Crippen LogP contribution in [0.15, 0.2) is 77.7 Å². The third-order valence-electron chi connectivity index (χ3n) is 10.1. The first-order valence-electron chi connectivity index (χ1n) is 16.6. The van der Waals surface area contributed by atoms with Crippen LogP contribution in [0.1, 0.15) is 78.4 Å². The number of amides is 3. The summed E-state index contributed by atoms with van der Waals surface area (Å²) in [5.74, 6) is -1.30. The van der Waals surface area contributed by atoms with Gasteiger partial charge in [0.2, 0.25) is 11.8 Å². The number of benzene rings is 2. The van der Waals surface area contributed by atoms with Crippen LogP contribution in [0.2, 0.25) is 0 Å². The molecule has 3 aliphatic rings. The quantitative estimate of drug-likeness (QED) is 0.383. The molecule has 0 radical (unpaired) electrons. The largest absolute Gasteiger partial charge is 0.464 e. The molecule has 254 valence electrons. The molecule has 2 aromatic carbocycles. The molecule has 2 fully saturated rings. The Hall–Kier alpha value is -4.38. The van der Waals surface area contributed by atoms with Gasteiger partial charge in [0.05, 0.1) is 17.9 Å². The SMILES string of the molecule is CCOC(=O)[C@H]1CCCN1C(=O)[C@@]1(c2ccccc2)CC[C@H](C(=O)N2CCC(NC(=O)c3cccn(C)c3=O)CC2)c2ccccc21.S. The van der Waals surface area contributed by atoms with Crippen LogP contribution in [0.5, 0.6) is 0 Å². The zero-order valence-corrected chi connectivity index (χ0v) is 28.5. The summed E-state index contributed by atoms with van der Waals surface area (Å²) in [5.41, 5.74) is 1.20. The number of pyridine rings is 1. The van der Waals surface area contributed by atoms with Crippen molar-refractivity contribution in [3.63, 3.8) is 0 Å². The molecule has 2 saturated heterocycles. The number of carbonyl (C=O) groups excluding carboxylic acids is 4.